The van der Waals surface area contributed by atoms with Crippen molar-refractivity contribution in [1.82, 2.24) is 10.3 Å². The normalized spacial score (nSPS) is 12.6. The molecule has 2 aromatic rings. The third-order valence-electron chi connectivity index (χ3n) is 2.60. The van der Waals surface area contributed by atoms with Gasteiger partial charge in [0.1, 0.15) is 5.82 Å². The summed E-state index contributed by atoms with van der Waals surface area (Å²) >= 11 is 5.18. The smallest absolute Gasteiger partial charge is 0.141 e. The first-order chi connectivity index (χ1) is 8.72. The Balaban J connectivity index is 2.30. The molecule has 2 rings (SSSR count). The highest BCUT2D eigenvalue weighted by Gasteiger charge is 2.18. The van der Waals surface area contributed by atoms with Crippen molar-refractivity contribution >= 4 is 27.3 Å². The van der Waals surface area contributed by atoms with E-state index in [-0.39, 0.29) is 11.9 Å². The molecule has 0 saturated carbocycles. The van der Waals surface area contributed by atoms with Gasteiger partial charge in [-0.05, 0) is 52.0 Å². The first-order valence-corrected chi connectivity index (χ1v) is 7.52. The Labute approximate surface area is 118 Å². The molecule has 0 radical (unpaired) electrons. The molecule has 0 fully saturated rings. The van der Waals surface area contributed by atoms with Gasteiger partial charge in [0.05, 0.1) is 17.9 Å². The molecule has 18 heavy (non-hydrogen) atoms. The van der Waals surface area contributed by atoms with E-state index in [1.54, 1.807) is 17.4 Å². The van der Waals surface area contributed by atoms with Gasteiger partial charge in [-0.15, -0.1) is 0 Å². The van der Waals surface area contributed by atoms with Crippen LogP contribution in [-0.4, -0.2) is 11.5 Å². The van der Waals surface area contributed by atoms with Crippen LogP contribution in [0.3, 0.4) is 0 Å². The SMILES string of the molecule is CCCNC(c1ccc(F)cn1)c1cscc1Br. The fraction of sp³-hybridized carbons (Fsp3) is 0.308. The zero-order valence-electron chi connectivity index (χ0n) is 9.99. The minimum absolute atomic E-state index is 0.00572. The molecule has 1 atom stereocenters. The number of aromatic nitrogens is 1. The van der Waals surface area contributed by atoms with E-state index in [2.05, 4.69) is 38.5 Å². The van der Waals surface area contributed by atoms with Crippen LogP contribution >= 0.6 is 27.3 Å². The highest BCUT2D eigenvalue weighted by Crippen LogP contribution is 2.30. The molecule has 2 nitrogen and oxygen atoms in total. The van der Waals surface area contributed by atoms with Crippen molar-refractivity contribution in [2.24, 2.45) is 0 Å². The molecule has 0 aliphatic carbocycles. The second-order valence-electron chi connectivity index (χ2n) is 3.96. The molecule has 0 saturated heterocycles. The Kier molecular flexibility index (Phi) is 4.86. The van der Waals surface area contributed by atoms with Crippen LogP contribution in [0.15, 0.2) is 33.6 Å². The molecule has 1 N–H and O–H groups in total. The number of hydrogen-bond acceptors (Lipinski definition) is 3. The standard InChI is InChI=1S/C13H14BrFN2S/c1-2-5-16-13(10-7-18-8-11(10)14)12-4-3-9(15)6-17-12/h3-4,6-8,13,16H,2,5H2,1H3. The Morgan fingerprint density at radius 1 is 1.44 bits per heavy atom. The summed E-state index contributed by atoms with van der Waals surface area (Å²) in [5, 5.41) is 7.57. The van der Waals surface area contributed by atoms with Crippen molar-refractivity contribution in [3.63, 3.8) is 0 Å². The number of nitrogens with zero attached hydrogens (tertiary/aromatic N) is 1. The van der Waals surface area contributed by atoms with Gasteiger partial charge in [-0.25, -0.2) is 4.39 Å². The molecule has 0 amide bonds. The van der Waals surface area contributed by atoms with E-state index in [9.17, 15) is 4.39 Å². The van der Waals surface area contributed by atoms with Crippen molar-refractivity contribution in [1.29, 1.82) is 0 Å². The highest BCUT2D eigenvalue weighted by molar-refractivity contribution is 9.10. The Hall–Kier alpha value is -0.780. The maximum Gasteiger partial charge on any atom is 0.141 e. The van der Waals surface area contributed by atoms with Crippen LogP contribution < -0.4 is 5.32 Å². The molecule has 2 heterocycles. The van der Waals surface area contributed by atoms with Crippen LogP contribution in [0, 0.1) is 5.82 Å². The molecule has 0 spiro atoms. The quantitative estimate of drug-likeness (QED) is 0.892. The fourth-order valence-corrected chi connectivity index (χ4v) is 3.27. The summed E-state index contributed by atoms with van der Waals surface area (Å²) < 4.78 is 14.0. The van der Waals surface area contributed by atoms with Gasteiger partial charge in [0.25, 0.3) is 0 Å². The molecule has 0 aliphatic heterocycles. The Morgan fingerprint density at radius 2 is 2.28 bits per heavy atom. The molecule has 96 valence electrons. The second-order valence-corrected chi connectivity index (χ2v) is 5.56. The van der Waals surface area contributed by atoms with Gasteiger partial charge in [0.2, 0.25) is 0 Å². The van der Waals surface area contributed by atoms with E-state index < -0.39 is 0 Å². The lowest BCUT2D eigenvalue weighted by atomic mass is 10.1. The average molecular weight is 329 g/mol. The van der Waals surface area contributed by atoms with E-state index in [4.69, 9.17) is 0 Å². The van der Waals surface area contributed by atoms with Gasteiger partial charge < -0.3 is 5.32 Å². The largest absolute Gasteiger partial charge is 0.305 e. The molecule has 0 bridgehead atoms. The lowest BCUT2D eigenvalue weighted by Crippen LogP contribution is -2.24. The van der Waals surface area contributed by atoms with E-state index >= 15 is 0 Å². The van der Waals surface area contributed by atoms with Gasteiger partial charge in [-0.3, -0.25) is 4.98 Å². The van der Waals surface area contributed by atoms with Crippen LogP contribution in [-0.2, 0) is 0 Å². The third-order valence-corrected chi connectivity index (χ3v) is 4.35. The minimum Gasteiger partial charge on any atom is -0.305 e. The minimum atomic E-state index is -0.308. The summed E-state index contributed by atoms with van der Waals surface area (Å²) in [6.45, 7) is 3.01. The highest BCUT2D eigenvalue weighted by atomic mass is 79.9. The van der Waals surface area contributed by atoms with E-state index in [1.807, 2.05) is 5.38 Å². The number of rotatable bonds is 5. The topological polar surface area (TPSA) is 24.9 Å². The number of thiophene rings is 1. The maximum absolute atomic E-state index is 12.9. The summed E-state index contributed by atoms with van der Waals surface area (Å²) in [4.78, 5) is 4.17. The number of pyridine rings is 1. The zero-order chi connectivity index (χ0) is 13.0. The van der Waals surface area contributed by atoms with Crippen molar-refractivity contribution in [2.45, 2.75) is 19.4 Å². The molecule has 5 heteroatoms. The molecule has 1 unspecified atom stereocenters. The van der Waals surface area contributed by atoms with Gasteiger partial charge in [-0.1, -0.05) is 6.92 Å². The van der Waals surface area contributed by atoms with Gasteiger partial charge >= 0.3 is 0 Å². The summed E-state index contributed by atoms with van der Waals surface area (Å²) in [6.07, 6.45) is 2.30. The maximum atomic E-state index is 12.9. The van der Waals surface area contributed by atoms with Crippen molar-refractivity contribution in [3.8, 4) is 0 Å². The van der Waals surface area contributed by atoms with Gasteiger partial charge in [0.15, 0.2) is 0 Å². The van der Waals surface area contributed by atoms with E-state index in [0.29, 0.717) is 0 Å². The van der Waals surface area contributed by atoms with E-state index in [0.717, 1.165) is 28.7 Å². The fourth-order valence-electron chi connectivity index (χ4n) is 1.72. The molecule has 0 aliphatic rings. The second kappa shape index (κ2) is 6.41. The van der Waals surface area contributed by atoms with Crippen molar-refractivity contribution in [3.05, 3.63) is 50.6 Å². The Morgan fingerprint density at radius 3 is 2.83 bits per heavy atom. The number of halogens is 2. The number of nitrogens with one attached hydrogen (secondary N) is 1. The lowest BCUT2D eigenvalue weighted by molar-refractivity contribution is 0.576. The first-order valence-electron chi connectivity index (χ1n) is 5.78. The zero-order valence-corrected chi connectivity index (χ0v) is 12.4. The van der Waals surface area contributed by atoms with Crippen molar-refractivity contribution < 1.29 is 4.39 Å². The molecule has 0 aromatic carbocycles. The summed E-state index contributed by atoms with van der Waals surface area (Å²) in [5.74, 6) is -0.308. The molecular formula is C13H14BrFN2S. The molecule has 2 aromatic heterocycles. The van der Waals surface area contributed by atoms with Crippen LogP contribution in [0.4, 0.5) is 4.39 Å². The van der Waals surface area contributed by atoms with Crippen LogP contribution in [0.2, 0.25) is 0 Å². The summed E-state index contributed by atoms with van der Waals surface area (Å²) in [7, 11) is 0. The monoisotopic (exact) mass is 328 g/mol. The van der Waals surface area contributed by atoms with E-state index in [1.165, 1.54) is 12.3 Å². The van der Waals surface area contributed by atoms with Gasteiger partial charge in [-0.2, -0.15) is 11.3 Å². The summed E-state index contributed by atoms with van der Waals surface area (Å²) in [5.41, 5.74) is 1.98. The lowest BCUT2D eigenvalue weighted by Gasteiger charge is -2.17. The van der Waals surface area contributed by atoms with Crippen LogP contribution in [0.25, 0.3) is 0 Å². The number of hydrogen-bond donors (Lipinski definition) is 1. The third kappa shape index (κ3) is 3.16. The Bertz CT molecular complexity index is 498. The van der Waals surface area contributed by atoms with Crippen LogP contribution in [0.5, 0.6) is 0 Å². The predicted octanol–water partition coefficient (Wildman–Crippen LogP) is 4.13. The summed E-state index contributed by atoms with van der Waals surface area (Å²) in [6, 6.07) is 3.18. The first kappa shape index (κ1) is 13.6. The van der Waals surface area contributed by atoms with Gasteiger partial charge in [0, 0.05) is 9.85 Å². The predicted molar refractivity (Wildman–Crippen MR) is 76.4 cm³/mol. The average Bonchev–Trinajstić information content (AvgIpc) is 2.78. The van der Waals surface area contributed by atoms with Crippen molar-refractivity contribution in [2.75, 3.05) is 6.54 Å². The van der Waals surface area contributed by atoms with Crippen LogP contribution in [0.1, 0.15) is 30.6 Å². The molecular weight excluding hydrogens is 315 g/mol.